The summed E-state index contributed by atoms with van der Waals surface area (Å²) < 4.78 is 33.3. The number of carbonyl (C=O) groups excluding carboxylic acids is 1. The summed E-state index contributed by atoms with van der Waals surface area (Å²) in [5, 5.41) is 0. The summed E-state index contributed by atoms with van der Waals surface area (Å²) in [4.78, 5) is 14.7. The standard InChI is InChI=1S/C20H22N2O4S/c1-26-19-9-8-16(14-17(19)20(23)21-11-4-5-12-21)27(24,25)22-13-10-15-6-2-3-7-18(15)22/h2-3,6-9,14H,4-5,10-13H2,1H3. The van der Waals surface area contributed by atoms with Crippen molar-refractivity contribution in [3.8, 4) is 5.75 Å². The number of anilines is 1. The van der Waals surface area contributed by atoms with E-state index in [9.17, 15) is 13.2 Å². The second-order valence-electron chi connectivity index (χ2n) is 6.82. The summed E-state index contributed by atoms with van der Waals surface area (Å²) in [5.74, 6) is 0.218. The zero-order chi connectivity index (χ0) is 19.0. The molecular weight excluding hydrogens is 364 g/mol. The Kier molecular flexibility index (Phi) is 4.55. The van der Waals surface area contributed by atoms with E-state index in [1.54, 1.807) is 11.0 Å². The van der Waals surface area contributed by atoms with Crippen molar-refractivity contribution in [2.75, 3.05) is 31.0 Å². The van der Waals surface area contributed by atoms with Gasteiger partial charge in [0.1, 0.15) is 5.75 Å². The lowest BCUT2D eigenvalue weighted by atomic mass is 10.1. The van der Waals surface area contributed by atoms with Gasteiger partial charge in [-0.1, -0.05) is 18.2 Å². The van der Waals surface area contributed by atoms with Gasteiger partial charge in [-0.2, -0.15) is 0 Å². The summed E-state index contributed by atoms with van der Waals surface area (Å²) in [6.45, 7) is 1.79. The molecule has 6 nitrogen and oxygen atoms in total. The molecule has 0 unspecified atom stereocenters. The van der Waals surface area contributed by atoms with Gasteiger partial charge >= 0.3 is 0 Å². The van der Waals surface area contributed by atoms with Crippen LogP contribution in [-0.4, -0.2) is 46.0 Å². The van der Waals surface area contributed by atoms with Crippen LogP contribution in [0.25, 0.3) is 0 Å². The van der Waals surface area contributed by atoms with Crippen LogP contribution in [0.5, 0.6) is 5.75 Å². The van der Waals surface area contributed by atoms with E-state index in [4.69, 9.17) is 4.74 Å². The highest BCUT2D eigenvalue weighted by Gasteiger charge is 2.32. The Labute approximate surface area is 159 Å². The molecule has 0 bridgehead atoms. The maximum Gasteiger partial charge on any atom is 0.264 e. The molecule has 0 N–H and O–H groups in total. The summed E-state index contributed by atoms with van der Waals surface area (Å²) in [6, 6.07) is 12.0. The van der Waals surface area contributed by atoms with E-state index in [0.29, 0.717) is 43.1 Å². The number of methoxy groups -OCH3 is 1. The van der Waals surface area contributed by atoms with Crippen LogP contribution in [0, 0.1) is 0 Å². The molecular formula is C20H22N2O4S. The van der Waals surface area contributed by atoms with Gasteiger partial charge in [0.15, 0.2) is 0 Å². The van der Waals surface area contributed by atoms with Crippen LogP contribution in [0.2, 0.25) is 0 Å². The van der Waals surface area contributed by atoms with Crippen LogP contribution >= 0.6 is 0 Å². The molecule has 2 aliphatic heterocycles. The SMILES string of the molecule is COc1ccc(S(=O)(=O)N2CCc3ccccc32)cc1C(=O)N1CCCC1. The van der Waals surface area contributed by atoms with Gasteiger partial charge in [0, 0.05) is 19.6 Å². The Bertz CT molecular complexity index is 981. The average Bonchev–Trinajstić information content (AvgIpc) is 3.36. The zero-order valence-corrected chi connectivity index (χ0v) is 16.0. The Morgan fingerprint density at radius 2 is 1.78 bits per heavy atom. The van der Waals surface area contributed by atoms with E-state index in [0.717, 1.165) is 18.4 Å². The molecule has 142 valence electrons. The molecule has 7 heteroatoms. The van der Waals surface area contributed by atoms with E-state index in [-0.39, 0.29) is 10.8 Å². The topological polar surface area (TPSA) is 66.9 Å². The van der Waals surface area contributed by atoms with E-state index >= 15 is 0 Å². The number of fused-ring (bicyclic) bond motifs is 1. The molecule has 4 rings (SSSR count). The van der Waals surface area contributed by atoms with E-state index < -0.39 is 10.0 Å². The average molecular weight is 386 g/mol. The van der Waals surface area contributed by atoms with Crippen LogP contribution < -0.4 is 9.04 Å². The maximum atomic E-state index is 13.3. The molecule has 2 aliphatic rings. The van der Waals surface area contributed by atoms with Gasteiger partial charge in [-0.05, 0) is 49.1 Å². The maximum absolute atomic E-state index is 13.3. The molecule has 27 heavy (non-hydrogen) atoms. The number of carbonyl (C=O) groups is 1. The second-order valence-corrected chi connectivity index (χ2v) is 8.68. The van der Waals surface area contributed by atoms with Gasteiger partial charge in [-0.3, -0.25) is 9.10 Å². The molecule has 0 atom stereocenters. The molecule has 0 aromatic heterocycles. The lowest BCUT2D eigenvalue weighted by Crippen LogP contribution is -2.30. The first-order valence-corrected chi connectivity index (χ1v) is 10.5. The first-order valence-electron chi connectivity index (χ1n) is 9.10. The summed E-state index contributed by atoms with van der Waals surface area (Å²) in [7, 11) is -2.26. The molecule has 0 saturated carbocycles. The molecule has 1 saturated heterocycles. The lowest BCUT2D eigenvalue weighted by Gasteiger charge is -2.21. The molecule has 2 aromatic rings. The third kappa shape index (κ3) is 3.06. The number of amides is 1. The van der Waals surface area contributed by atoms with E-state index in [1.807, 2.05) is 24.3 Å². The molecule has 0 aliphatic carbocycles. The Morgan fingerprint density at radius 1 is 1.04 bits per heavy atom. The first-order chi connectivity index (χ1) is 13.0. The minimum absolute atomic E-state index is 0.113. The number of benzene rings is 2. The summed E-state index contributed by atoms with van der Waals surface area (Å²) >= 11 is 0. The molecule has 0 spiro atoms. The fourth-order valence-electron chi connectivity index (χ4n) is 3.79. The fraction of sp³-hybridized carbons (Fsp3) is 0.350. The van der Waals surface area contributed by atoms with Crippen molar-refractivity contribution < 1.29 is 17.9 Å². The molecule has 1 fully saturated rings. The third-order valence-electron chi connectivity index (χ3n) is 5.23. The van der Waals surface area contributed by atoms with Crippen LogP contribution in [0.3, 0.4) is 0 Å². The largest absolute Gasteiger partial charge is 0.496 e. The number of nitrogens with zero attached hydrogens (tertiary/aromatic N) is 2. The Hall–Kier alpha value is -2.54. The van der Waals surface area contributed by atoms with E-state index in [1.165, 1.54) is 23.5 Å². The third-order valence-corrected chi connectivity index (χ3v) is 7.04. The van der Waals surface area contributed by atoms with E-state index in [2.05, 4.69) is 0 Å². The van der Waals surface area contributed by atoms with Crippen LogP contribution in [0.1, 0.15) is 28.8 Å². The highest BCUT2D eigenvalue weighted by molar-refractivity contribution is 7.92. The fourth-order valence-corrected chi connectivity index (χ4v) is 5.32. The number of likely N-dealkylation sites (tertiary alicyclic amines) is 1. The van der Waals surface area contributed by atoms with Gasteiger partial charge < -0.3 is 9.64 Å². The molecule has 2 heterocycles. The molecule has 0 radical (unpaired) electrons. The quantitative estimate of drug-likeness (QED) is 0.810. The van der Waals surface area contributed by atoms with Gasteiger partial charge in [-0.15, -0.1) is 0 Å². The number of rotatable bonds is 4. The van der Waals surface area contributed by atoms with Gasteiger partial charge in [-0.25, -0.2) is 8.42 Å². The van der Waals surface area contributed by atoms with Gasteiger partial charge in [0.25, 0.3) is 15.9 Å². The minimum atomic E-state index is -3.75. The number of sulfonamides is 1. The van der Waals surface area contributed by atoms with Gasteiger partial charge in [0.2, 0.25) is 0 Å². The van der Waals surface area contributed by atoms with Crippen molar-refractivity contribution in [1.82, 2.24) is 4.90 Å². The predicted octanol–water partition coefficient (Wildman–Crippen LogP) is 2.68. The van der Waals surface area contributed by atoms with Crippen LogP contribution in [0.4, 0.5) is 5.69 Å². The number of hydrogen-bond donors (Lipinski definition) is 0. The molecule has 1 amide bonds. The van der Waals surface area contributed by atoms with Crippen LogP contribution in [0.15, 0.2) is 47.4 Å². The normalized spacial score (nSPS) is 16.5. The summed E-state index contributed by atoms with van der Waals surface area (Å²) in [6.07, 6.45) is 2.62. The highest BCUT2D eigenvalue weighted by Crippen LogP contribution is 2.34. The predicted molar refractivity (Wildman–Crippen MR) is 103 cm³/mol. The monoisotopic (exact) mass is 386 g/mol. The zero-order valence-electron chi connectivity index (χ0n) is 15.2. The van der Waals surface area contributed by atoms with Crippen molar-refractivity contribution in [3.63, 3.8) is 0 Å². The van der Waals surface area contributed by atoms with Crippen molar-refractivity contribution in [2.24, 2.45) is 0 Å². The Balaban J connectivity index is 1.73. The van der Waals surface area contributed by atoms with Gasteiger partial charge in [0.05, 0.1) is 23.3 Å². The number of hydrogen-bond acceptors (Lipinski definition) is 4. The minimum Gasteiger partial charge on any atom is -0.496 e. The lowest BCUT2D eigenvalue weighted by molar-refractivity contribution is 0.0789. The second kappa shape index (κ2) is 6.88. The number of para-hydroxylation sites is 1. The first kappa shape index (κ1) is 17.9. The van der Waals surface area contributed by atoms with Crippen molar-refractivity contribution in [1.29, 1.82) is 0 Å². The van der Waals surface area contributed by atoms with Crippen molar-refractivity contribution >= 4 is 21.6 Å². The molecule has 2 aromatic carbocycles. The number of ether oxygens (including phenoxy) is 1. The summed E-state index contributed by atoms with van der Waals surface area (Å²) in [5.41, 5.74) is 2.02. The van der Waals surface area contributed by atoms with Crippen molar-refractivity contribution in [3.05, 3.63) is 53.6 Å². The Morgan fingerprint density at radius 3 is 2.52 bits per heavy atom. The van der Waals surface area contributed by atoms with Crippen LogP contribution in [-0.2, 0) is 16.4 Å². The highest BCUT2D eigenvalue weighted by atomic mass is 32.2. The smallest absolute Gasteiger partial charge is 0.264 e. The van der Waals surface area contributed by atoms with Crippen molar-refractivity contribution in [2.45, 2.75) is 24.2 Å².